The highest BCUT2D eigenvalue weighted by Crippen LogP contribution is 2.19. The summed E-state index contributed by atoms with van der Waals surface area (Å²) in [5, 5.41) is 17.5. The molecule has 7 nitrogen and oxygen atoms in total. The van der Waals surface area contributed by atoms with E-state index < -0.39 is 11.2 Å². The lowest BCUT2D eigenvalue weighted by molar-refractivity contribution is 0.246. The topological polar surface area (TPSA) is 90.4 Å². The van der Waals surface area contributed by atoms with Gasteiger partial charge in [-0.1, -0.05) is 35.3 Å². The van der Waals surface area contributed by atoms with Crippen LogP contribution < -0.4 is 10.2 Å². The van der Waals surface area contributed by atoms with Crippen molar-refractivity contribution in [1.29, 1.82) is 0 Å². The summed E-state index contributed by atoms with van der Waals surface area (Å²) in [5.74, 6) is 6.66. The largest absolute Gasteiger partial charge is 0.502 e. The maximum atomic E-state index is 12.0. The van der Waals surface area contributed by atoms with Crippen molar-refractivity contribution in [2.45, 2.75) is 13.2 Å². The SMILES string of the molecule is O=c1cc(Cn2ccnn2)oc(COc2ccc(C#Cc3ccccc3)cc2)c1O. The zero-order valence-corrected chi connectivity index (χ0v) is 15.9. The van der Waals surface area contributed by atoms with Crippen LogP contribution in [-0.2, 0) is 13.2 Å². The standard InChI is InChI=1S/C23H17N3O4/c27-21-14-20(15-26-13-12-24-25-26)30-22(23(21)28)16-29-19-10-8-18(9-11-19)7-6-17-4-2-1-3-5-17/h1-5,8-14,28H,15-16H2. The Bertz CT molecular complexity index is 1240. The van der Waals surface area contributed by atoms with E-state index in [4.69, 9.17) is 9.15 Å². The third kappa shape index (κ3) is 4.75. The fourth-order valence-electron chi connectivity index (χ4n) is 2.69. The molecule has 4 rings (SSSR count). The van der Waals surface area contributed by atoms with Crippen LogP contribution in [0.15, 0.2) is 82.3 Å². The van der Waals surface area contributed by atoms with E-state index in [1.807, 2.05) is 42.5 Å². The van der Waals surface area contributed by atoms with E-state index in [1.165, 1.54) is 16.9 Å². The second-order valence-corrected chi connectivity index (χ2v) is 6.38. The predicted molar refractivity (Wildman–Crippen MR) is 109 cm³/mol. The van der Waals surface area contributed by atoms with Crippen LogP contribution in [0.1, 0.15) is 22.6 Å². The second-order valence-electron chi connectivity index (χ2n) is 6.38. The average Bonchev–Trinajstić information content (AvgIpc) is 3.28. The number of benzene rings is 2. The molecule has 0 aliphatic carbocycles. The van der Waals surface area contributed by atoms with E-state index in [0.29, 0.717) is 11.5 Å². The first-order valence-electron chi connectivity index (χ1n) is 9.16. The van der Waals surface area contributed by atoms with Gasteiger partial charge in [0.2, 0.25) is 11.2 Å². The Kier molecular flexibility index (Phi) is 5.58. The number of aromatic nitrogens is 3. The molecule has 2 heterocycles. The fraction of sp³-hybridized carbons (Fsp3) is 0.0870. The minimum atomic E-state index is -0.540. The van der Waals surface area contributed by atoms with Gasteiger partial charge in [-0.3, -0.25) is 4.79 Å². The number of ether oxygens (including phenoxy) is 1. The fourth-order valence-corrected chi connectivity index (χ4v) is 2.69. The van der Waals surface area contributed by atoms with Gasteiger partial charge in [-0.25, -0.2) is 4.68 Å². The summed E-state index contributed by atoms with van der Waals surface area (Å²) in [7, 11) is 0. The van der Waals surface area contributed by atoms with E-state index in [1.54, 1.807) is 18.3 Å². The lowest BCUT2D eigenvalue weighted by Crippen LogP contribution is -2.10. The van der Waals surface area contributed by atoms with Gasteiger partial charge in [0.05, 0.1) is 6.20 Å². The molecule has 0 radical (unpaired) electrons. The molecule has 2 aromatic carbocycles. The van der Waals surface area contributed by atoms with Crippen LogP contribution in [0.25, 0.3) is 0 Å². The second kappa shape index (κ2) is 8.80. The Morgan fingerprint density at radius 1 is 1.03 bits per heavy atom. The third-order valence-electron chi connectivity index (χ3n) is 4.18. The van der Waals surface area contributed by atoms with Gasteiger partial charge in [0, 0.05) is 23.4 Å². The Labute approximate surface area is 172 Å². The smallest absolute Gasteiger partial charge is 0.227 e. The number of nitrogens with zero attached hydrogens (tertiary/aromatic N) is 3. The molecule has 7 heteroatoms. The molecule has 0 bridgehead atoms. The van der Waals surface area contributed by atoms with Crippen LogP contribution in [0.3, 0.4) is 0 Å². The highest BCUT2D eigenvalue weighted by atomic mass is 16.5. The van der Waals surface area contributed by atoms with E-state index in [9.17, 15) is 9.90 Å². The van der Waals surface area contributed by atoms with Gasteiger partial charge < -0.3 is 14.3 Å². The van der Waals surface area contributed by atoms with Gasteiger partial charge in [-0.05, 0) is 36.4 Å². The van der Waals surface area contributed by atoms with Gasteiger partial charge in [0.15, 0.2) is 5.76 Å². The molecular weight excluding hydrogens is 382 g/mol. The van der Waals surface area contributed by atoms with E-state index >= 15 is 0 Å². The Morgan fingerprint density at radius 3 is 2.47 bits per heavy atom. The summed E-state index contributed by atoms with van der Waals surface area (Å²) in [6.07, 6.45) is 3.17. The molecular formula is C23H17N3O4. The molecule has 0 unspecified atom stereocenters. The minimum Gasteiger partial charge on any atom is -0.502 e. The Balaban J connectivity index is 1.44. The van der Waals surface area contributed by atoms with Gasteiger partial charge in [0.25, 0.3) is 0 Å². The quantitative estimate of drug-likeness (QED) is 0.519. The molecule has 30 heavy (non-hydrogen) atoms. The monoisotopic (exact) mass is 399 g/mol. The molecule has 0 saturated heterocycles. The molecule has 0 saturated carbocycles. The summed E-state index contributed by atoms with van der Waals surface area (Å²) in [6, 6.07) is 18.1. The van der Waals surface area contributed by atoms with Crippen LogP contribution in [0.4, 0.5) is 0 Å². The van der Waals surface area contributed by atoms with Crippen LogP contribution in [0.5, 0.6) is 11.5 Å². The first-order chi connectivity index (χ1) is 14.7. The van der Waals surface area contributed by atoms with Crippen molar-refractivity contribution in [2.24, 2.45) is 0 Å². The first kappa shape index (κ1) is 19.0. The van der Waals surface area contributed by atoms with Crippen LogP contribution >= 0.6 is 0 Å². The summed E-state index contributed by atoms with van der Waals surface area (Å²) >= 11 is 0. The molecule has 2 aromatic heterocycles. The zero-order chi connectivity index (χ0) is 20.8. The van der Waals surface area contributed by atoms with Crippen molar-refractivity contribution in [2.75, 3.05) is 0 Å². The van der Waals surface area contributed by atoms with Gasteiger partial charge in [0.1, 0.15) is 24.7 Å². The molecule has 0 aliphatic heterocycles. The van der Waals surface area contributed by atoms with E-state index in [0.717, 1.165) is 11.1 Å². The molecule has 4 aromatic rings. The maximum Gasteiger partial charge on any atom is 0.227 e. The molecule has 0 aliphatic rings. The van der Waals surface area contributed by atoms with Crippen molar-refractivity contribution in [3.05, 3.63) is 106 Å². The van der Waals surface area contributed by atoms with Crippen LogP contribution in [-0.4, -0.2) is 20.1 Å². The normalized spacial score (nSPS) is 10.3. The van der Waals surface area contributed by atoms with E-state index in [-0.39, 0.29) is 18.9 Å². The number of hydrogen-bond donors (Lipinski definition) is 1. The predicted octanol–water partition coefficient (Wildman–Crippen LogP) is 2.96. The summed E-state index contributed by atoms with van der Waals surface area (Å²) < 4.78 is 12.8. The number of aromatic hydroxyl groups is 1. The summed E-state index contributed by atoms with van der Waals surface area (Å²) in [4.78, 5) is 12.0. The lowest BCUT2D eigenvalue weighted by atomic mass is 10.2. The molecule has 0 fully saturated rings. The summed E-state index contributed by atoms with van der Waals surface area (Å²) in [6.45, 7) is 0.124. The molecule has 1 N–H and O–H groups in total. The van der Waals surface area contributed by atoms with Gasteiger partial charge in [-0.15, -0.1) is 5.10 Å². The van der Waals surface area contributed by atoms with Gasteiger partial charge >= 0.3 is 0 Å². The van der Waals surface area contributed by atoms with Crippen molar-refractivity contribution in [3.8, 4) is 23.3 Å². The summed E-state index contributed by atoms with van der Waals surface area (Å²) in [5.41, 5.74) is 1.24. The van der Waals surface area contributed by atoms with Gasteiger partial charge in [-0.2, -0.15) is 0 Å². The van der Waals surface area contributed by atoms with Crippen LogP contribution in [0, 0.1) is 11.8 Å². The van der Waals surface area contributed by atoms with E-state index in [2.05, 4.69) is 22.2 Å². The lowest BCUT2D eigenvalue weighted by Gasteiger charge is -2.09. The zero-order valence-electron chi connectivity index (χ0n) is 15.9. The Morgan fingerprint density at radius 2 is 1.77 bits per heavy atom. The Hall–Kier alpha value is -4.31. The minimum absolute atomic E-state index is 0.0468. The van der Waals surface area contributed by atoms with Crippen LogP contribution in [0.2, 0.25) is 0 Å². The first-order valence-corrected chi connectivity index (χ1v) is 9.16. The number of rotatable bonds is 5. The number of hydrogen-bond acceptors (Lipinski definition) is 6. The molecule has 0 spiro atoms. The van der Waals surface area contributed by atoms with Crippen molar-refractivity contribution < 1.29 is 14.3 Å². The highest BCUT2D eigenvalue weighted by Gasteiger charge is 2.13. The van der Waals surface area contributed by atoms with Crippen molar-refractivity contribution in [3.63, 3.8) is 0 Å². The van der Waals surface area contributed by atoms with Crippen molar-refractivity contribution in [1.82, 2.24) is 15.0 Å². The highest BCUT2D eigenvalue weighted by molar-refractivity contribution is 5.44. The maximum absolute atomic E-state index is 12.0. The molecule has 148 valence electrons. The third-order valence-corrected chi connectivity index (χ3v) is 4.18. The molecule has 0 amide bonds. The molecule has 0 atom stereocenters. The van der Waals surface area contributed by atoms with Crippen molar-refractivity contribution >= 4 is 0 Å². The average molecular weight is 399 g/mol.